The SMILES string of the molecule is C=C(CCC[SiH2]C(OC(C)C)OC(C)C)C(=O)O. The molecule has 0 atom stereocenters. The maximum absolute atomic E-state index is 10.6. The van der Waals surface area contributed by atoms with Crippen molar-refractivity contribution in [2.45, 2.75) is 64.7 Å². The van der Waals surface area contributed by atoms with Gasteiger partial charge in [-0.2, -0.15) is 0 Å². The van der Waals surface area contributed by atoms with Crippen molar-refractivity contribution in [3.63, 3.8) is 0 Å². The fraction of sp³-hybridized carbons (Fsp3) is 0.769. The van der Waals surface area contributed by atoms with Crippen LogP contribution in [0.25, 0.3) is 0 Å². The molecule has 0 heterocycles. The van der Waals surface area contributed by atoms with E-state index >= 15 is 0 Å². The molecule has 4 nitrogen and oxygen atoms in total. The summed E-state index contributed by atoms with van der Waals surface area (Å²) < 4.78 is 11.4. The normalized spacial score (nSPS) is 12.2. The van der Waals surface area contributed by atoms with Gasteiger partial charge < -0.3 is 14.6 Å². The van der Waals surface area contributed by atoms with E-state index in [1.807, 2.05) is 27.7 Å². The smallest absolute Gasteiger partial charge is 0.330 e. The third-order valence-electron chi connectivity index (χ3n) is 2.32. The average Bonchev–Trinajstić information content (AvgIpc) is 2.21. The number of ether oxygens (including phenoxy) is 2. The summed E-state index contributed by atoms with van der Waals surface area (Å²) in [5, 5.41) is 8.69. The largest absolute Gasteiger partial charge is 0.478 e. The van der Waals surface area contributed by atoms with Crippen LogP contribution in [0.2, 0.25) is 6.04 Å². The molecule has 0 aromatic carbocycles. The Morgan fingerprint density at radius 2 is 1.72 bits per heavy atom. The predicted octanol–water partition coefficient (Wildman–Crippen LogP) is 2.13. The van der Waals surface area contributed by atoms with Crippen LogP contribution in [-0.4, -0.2) is 38.7 Å². The van der Waals surface area contributed by atoms with E-state index in [2.05, 4.69) is 6.58 Å². The standard InChI is InChI=1S/C13H26O4Si/c1-9(2)16-13(17-10(3)4)18-8-6-7-11(5)12(14)15/h9-10,13H,5-8,18H2,1-4H3,(H,14,15). The van der Waals surface area contributed by atoms with Gasteiger partial charge in [0.1, 0.15) is 5.91 Å². The lowest BCUT2D eigenvalue weighted by Crippen LogP contribution is -2.30. The van der Waals surface area contributed by atoms with Crippen LogP contribution in [0.5, 0.6) is 0 Å². The molecule has 0 bridgehead atoms. The van der Waals surface area contributed by atoms with Gasteiger partial charge in [-0.3, -0.25) is 0 Å². The second-order valence-corrected chi connectivity index (χ2v) is 6.90. The lowest BCUT2D eigenvalue weighted by atomic mass is 10.2. The van der Waals surface area contributed by atoms with Gasteiger partial charge in [0.05, 0.1) is 21.7 Å². The van der Waals surface area contributed by atoms with Gasteiger partial charge in [-0.05, 0) is 34.1 Å². The first-order valence-corrected chi connectivity index (χ1v) is 8.36. The summed E-state index contributed by atoms with van der Waals surface area (Å²) in [5.41, 5.74) is 0.287. The molecule has 106 valence electrons. The molecular formula is C13H26O4Si. The predicted molar refractivity (Wildman–Crippen MR) is 75.6 cm³/mol. The van der Waals surface area contributed by atoms with E-state index < -0.39 is 15.5 Å². The fourth-order valence-electron chi connectivity index (χ4n) is 1.53. The molecule has 0 radical (unpaired) electrons. The molecule has 0 rings (SSSR count). The van der Waals surface area contributed by atoms with E-state index in [1.165, 1.54) is 0 Å². The average molecular weight is 274 g/mol. The fourth-order valence-corrected chi connectivity index (χ4v) is 3.45. The van der Waals surface area contributed by atoms with Crippen LogP contribution < -0.4 is 0 Å². The first kappa shape index (κ1) is 17.3. The molecule has 0 aliphatic heterocycles. The summed E-state index contributed by atoms with van der Waals surface area (Å²) in [4.78, 5) is 10.6. The first-order valence-electron chi connectivity index (χ1n) is 6.55. The Morgan fingerprint density at radius 1 is 1.22 bits per heavy atom. The summed E-state index contributed by atoms with van der Waals surface area (Å²) in [6.45, 7) is 11.5. The van der Waals surface area contributed by atoms with Gasteiger partial charge in [0.2, 0.25) is 0 Å². The van der Waals surface area contributed by atoms with Crippen molar-refractivity contribution in [3.05, 3.63) is 12.2 Å². The second-order valence-electron chi connectivity index (χ2n) is 4.95. The molecule has 0 aromatic rings. The van der Waals surface area contributed by atoms with Gasteiger partial charge in [-0.15, -0.1) is 0 Å². The molecule has 0 fully saturated rings. The van der Waals surface area contributed by atoms with Crippen molar-refractivity contribution < 1.29 is 19.4 Å². The number of carboxylic acids is 1. The molecule has 0 spiro atoms. The highest BCUT2D eigenvalue weighted by molar-refractivity contribution is 6.36. The first-order chi connectivity index (χ1) is 8.32. The van der Waals surface area contributed by atoms with Gasteiger partial charge in [0, 0.05) is 5.57 Å². The zero-order valence-electron chi connectivity index (χ0n) is 11.9. The summed E-state index contributed by atoms with van der Waals surface area (Å²) in [6.07, 6.45) is 1.74. The third kappa shape index (κ3) is 9.38. The van der Waals surface area contributed by atoms with Crippen LogP contribution in [0.4, 0.5) is 0 Å². The van der Waals surface area contributed by atoms with Crippen LogP contribution in [-0.2, 0) is 14.3 Å². The van der Waals surface area contributed by atoms with Crippen molar-refractivity contribution in [1.29, 1.82) is 0 Å². The number of rotatable bonds is 10. The minimum absolute atomic E-state index is 0.0666. The highest BCUT2D eigenvalue weighted by atomic mass is 28.2. The molecule has 18 heavy (non-hydrogen) atoms. The molecule has 0 aliphatic carbocycles. The molecule has 0 aromatic heterocycles. The Labute approximate surface area is 112 Å². The number of hydrogen-bond donors (Lipinski definition) is 1. The number of aliphatic carboxylic acids is 1. The Hall–Kier alpha value is -0.653. The zero-order valence-corrected chi connectivity index (χ0v) is 13.4. The lowest BCUT2D eigenvalue weighted by molar-refractivity contribution is -0.134. The second kappa shape index (κ2) is 9.30. The van der Waals surface area contributed by atoms with E-state index in [-0.39, 0.29) is 23.7 Å². The topological polar surface area (TPSA) is 55.8 Å². The summed E-state index contributed by atoms with van der Waals surface area (Å²) in [7, 11) is -0.506. The van der Waals surface area contributed by atoms with Crippen LogP contribution in [0.15, 0.2) is 12.2 Å². The molecule has 5 heteroatoms. The van der Waals surface area contributed by atoms with Gasteiger partial charge in [-0.1, -0.05) is 19.0 Å². The lowest BCUT2D eigenvalue weighted by Gasteiger charge is -2.22. The van der Waals surface area contributed by atoms with E-state index in [4.69, 9.17) is 14.6 Å². The van der Waals surface area contributed by atoms with Crippen molar-refractivity contribution in [1.82, 2.24) is 0 Å². The number of carbonyl (C=O) groups is 1. The van der Waals surface area contributed by atoms with E-state index in [0.717, 1.165) is 12.5 Å². The van der Waals surface area contributed by atoms with E-state index in [0.29, 0.717) is 6.42 Å². The minimum atomic E-state index is -0.898. The highest BCUT2D eigenvalue weighted by Crippen LogP contribution is 2.09. The van der Waals surface area contributed by atoms with E-state index in [9.17, 15) is 4.79 Å². The van der Waals surface area contributed by atoms with Crippen molar-refractivity contribution in [2.75, 3.05) is 0 Å². The molecule has 0 aliphatic rings. The number of hydrogen-bond acceptors (Lipinski definition) is 3. The monoisotopic (exact) mass is 274 g/mol. The summed E-state index contributed by atoms with van der Waals surface area (Å²) in [6, 6.07) is 1.01. The zero-order chi connectivity index (χ0) is 14.1. The van der Waals surface area contributed by atoms with Gasteiger partial charge in [0.25, 0.3) is 0 Å². The van der Waals surface area contributed by atoms with Gasteiger partial charge in [0.15, 0.2) is 0 Å². The van der Waals surface area contributed by atoms with Crippen LogP contribution >= 0.6 is 0 Å². The van der Waals surface area contributed by atoms with Gasteiger partial charge >= 0.3 is 5.97 Å². The van der Waals surface area contributed by atoms with Crippen LogP contribution in [0, 0.1) is 0 Å². The maximum Gasteiger partial charge on any atom is 0.330 e. The number of carboxylic acid groups (broad SMARTS) is 1. The van der Waals surface area contributed by atoms with Crippen LogP contribution in [0.3, 0.4) is 0 Å². The Morgan fingerprint density at radius 3 is 2.11 bits per heavy atom. The molecule has 0 saturated heterocycles. The molecule has 0 saturated carbocycles. The van der Waals surface area contributed by atoms with Crippen molar-refractivity contribution >= 4 is 15.5 Å². The highest BCUT2D eigenvalue weighted by Gasteiger charge is 2.14. The van der Waals surface area contributed by atoms with Crippen LogP contribution in [0.1, 0.15) is 40.5 Å². The summed E-state index contributed by atoms with van der Waals surface area (Å²) >= 11 is 0. The molecular weight excluding hydrogens is 248 g/mol. The molecule has 1 N–H and O–H groups in total. The minimum Gasteiger partial charge on any atom is -0.478 e. The van der Waals surface area contributed by atoms with Crippen molar-refractivity contribution in [2.24, 2.45) is 0 Å². The quantitative estimate of drug-likeness (QED) is 0.287. The third-order valence-corrected chi connectivity index (χ3v) is 4.08. The molecule has 0 unspecified atom stereocenters. The Bertz CT molecular complexity index is 254. The summed E-state index contributed by atoms with van der Waals surface area (Å²) in [5.74, 6) is -0.965. The Balaban J connectivity index is 3.88. The van der Waals surface area contributed by atoms with Gasteiger partial charge in [-0.25, -0.2) is 4.79 Å². The van der Waals surface area contributed by atoms with Crippen molar-refractivity contribution in [3.8, 4) is 0 Å². The Kier molecular flexibility index (Phi) is 8.96. The van der Waals surface area contributed by atoms with E-state index in [1.54, 1.807) is 0 Å². The molecule has 0 amide bonds. The maximum atomic E-state index is 10.6.